The van der Waals surface area contributed by atoms with E-state index in [1.165, 1.54) is 0 Å². The van der Waals surface area contributed by atoms with E-state index in [0.717, 1.165) is 0 Å². The molecular formula is C8H12F4O4S. The van der Waals surface area contributed by atoms with Crippen molar-refractivity contribution < 1.29 is 34.3 Å². The fourth-order valence-corrected chi connectivity index (χ4v) is 3.50. The molecule has 4 nitrogen and oxygen atoms in total. The fraction of sp³-hybridized carbons (Fsp3) is 1.00. The molecule has 2 saturated heterocycles. The molecule has 17 heavy (non-hydrogen) atoms. The maximum Gasteiger partial charge on any atom is 0.282 e. The maximum atomic E-state index is 13.7. The molecule has 1 spiro atoms. The van der Waals surface area contributed by atoms with E-state index in [2.05, 4.69) is 16.7 Å². The van der Waals surface area contributed by atoms with E-state index in [9.17, 15) is 17.6 Å². The molecule has 2 heterocycles. The van der Waals surface area contributed by atoms with Gasteiger partial charge >= 0.3 is 0 Å². The predicted molar refractivity (Wildman–Crippen MR) is 50.0 cm³/mol. The molecule has 0 amide bonds. The van der Waals surface area contributed by atoms with Gasteiger partial charge in [0.25, 0.3) is 23.4 Å². The van der Waals surface area contributed by atoms with E-state index in [1.54, 1.807) is 0 Å². The lowest BCUT2D eigenvalue weighted by molar-refractivity contribution is -0.191. The SMILES string of the molecule is CC1(F)OS2(OC1(C)F)OC(C)(F)C(C)(F)O2. The van der Waals surface area contributed by atoms with Crippen LogP contribution in [0.3, 0.4) is 0 Å². The Labute approximate surface area is 97.3 Å². The second-order valence-electron chi connectivity index (χ2n) is 4.41. The van der Waals surface area contributed by atoms with Crippen molar-refractivity contribution >= 4 is 11.2 Å². The first-order valence-electron chi connectivity index (χ1n) is 4.74. The second kappa shape index (κ2) is 3.08. The van der Waals surface area contributed by atoms with Crippen molar-refractivity contribution in [3.8, 4) is 0 Å². The van der Waals surface area contributed by atoms with Gasteiger partial charge in [-0.15, -0.1) is 0 Å². The van der Waals surface area contributed by atoms with Crippen LogP contribution in [0.4, 0.5) is 17.6 Å². The number of alkyl halides is 4. The van der Waals surface area contributed by atoms with Gasteiger partial charge < -0.3 is 0 Å². The molecule has 0 aromatic carbocycles. The molecule has 2 fully saturated rings. The Balaban J connectivity index is 2.33. The summed E-state index contributed by atoms with van der Waals surface area (Å²) in [6.07, 6.45) is 0. The molecule has 0 aromatic heterocycles. The van der Waals surface area contributed by atoms with E-state index in [-0.39, 0.29) is 0 Å². The Morgan fingerprint density at radius 2 is 0.765 bits per heavy atom. The molecule has 2 rings (SSSR count). The highest BCUT2D eigenvalue weighted by molar-refractivity contribution is 8.18. The van der Waals surface area contributed by atoms with Crippen molar-refractivity contribution in [3.63, 3.8) is 0 Å². The van der Waals surface area contributed by atoms with Crippen molar-refractivity contribution in [1.82, 2.24) is 0 Å². The molecule has 2 aliphatic heterocycles. The first kappa shape index (κ1) is 13.3. The zero-order valence-electron chi connectivity index (χ0n) is 9.55. The average Bonchev–Trinajstić information content (AvgIpc) is 2.21. The Hall–Kier alpha value is -0.0900. The van der Waals surface area contributed by atoms with Gasteiger partial charge in [-0.25, -0.2) is 34.3 Å². The third-order valence-corrected chi connectivity index (χ3v) is 4.70. The summed E-state index contributed by atoms with van der Waals surface area (Å²) < 4.78 is 72.6. The van der Waals surface area contributed by atoms with Gasteiger partial charge in [-0.3, -0.25) is 0 Å². The molecule has 4 unspecified atom stereocenters. The summed E-state index contributed by atoms with van der Waals surface area (Å²) in [5.41, 5.74) is 0. The van der Waals surface area contributed by atoms with Crippen LogP contribution in [0.1, 0.15) is 27.7 Å². The largest absolute Gasteiger partial charge is 0.282 e. The summed E-state index contributed by atoms with van der Waals surface area (Å²) in [5, 5.41) is 0. The van der Waals surface area contributed by atoms with Gasteiger partial charge in [0.05, 0.1) is 0 Å². The Morgan fingerprint density at radius 3 is 0.941 bits per heavy atom. The number of halogens is 4. The summed E-state index contributed by atoms with van der Waals surface area (Å²) in [7, 11) is 0. The highest BCUT2D eigenvalue weighted by Gasteiger charge is 2.74. The van der Waals surface area contributed by atoms with Crippen LogP contribution in [-0.4, -0.2) is 23.4 Å². The van der Waals surface area contributed by atoms with Crippen LogP contribution in [0.5, 0.6) is 0 Å². The second-order valence-corrected chi connectivity index (χ2v) is 5.89. The van der Waals surface area contributed by atoms with Crippen molar-refractivity contribution in [2.24, 2.45) is 0 Å². The van der Waals surface area contributed by atoms with Gasteiger partial charge in [-0.05, 0) is 0 Å². The summed E-state index contributed by atoms with van der Waals surface area (Å²) in [4.78, 5) is 0. The minimum Gasteiger partial charge on any atom is -0.225 e. The predicted octanol–water partition coefficient (Wildman–Crippen LogP) is 3.29. The van der Waals surface area contributed by atoms with Crippen LogP contribution in [0.25, 0.3) is 0 Å². The van der Waals surface area contributed by atoms with E-state index < -0.39 is 34.6 Å². The van der Waals surface area contributed by atoms with E-state index >= 15 is 0 Å². The summed E-state index contributed by atoms with van der Waals surface area (Å²) >= 11 is -3.86. The minimum atomic E-state index is -3.86. The standard InChI is InChI=1S/C8H12F4O4S/c1-5(9)6(2,10)14-17(13-5)15-7(3,11)8(4,12)16-17/h1-4H3. The van der Waals surface area contributed by atoms with E-state index in [1.807, 2.05) is 0 Å². The molecule has 0 saturated carbocycles. The summed E-state index contributed by atoms with van der Waals surface area (Å²) in [6, 6.07) is 0. The van der Waals surface area contributed by atoms with Crippen molar-refractivity contribution in [2.75, 3.05) is 0 Å². The fourth-order valence-electron chi connectivity index (χ4n) is 1.17. The molecule has 0 radical (unpaired) electrons. The van der Waals surface area contributed by atoms with Crippen molar-refractivity contribution in [1.29, 1.82) is 0 Å². The molecule has 0 aromatic rings. The lowest BCUT2D eigenvalue weighted by Gasteiger charge is -2.23. The van der Waals surface area contributed by atoms with Gasteiger partial charge in [0.2, 0.25) is 11.2 Å². The van der Waals surface area contributed by atoms with E-state index in [0.29, 0.717) is 27.7 Å². The molecule has 0 N–H and O–H groups in total. The van der Waals surface area contributed by atoms with Crippen LogP contribution in [-0.2, 0) is 16.7 Å². The summed E-state index contributed by atoms with van der Waals surface area (Å²) in [6.45, 7) is 2.85. The van der Waals surface area contributed by atoms with Gasteiger partial charge in [0.15, 0.2) is 0 Å². The Bertz CT molecular complexity index is 288. The van der Waals surface area contributed by atoms with Crippen molar-refractivity contribution in [3.05, 3.63) is 0 Å². The first-order chi connectivity index (χ1) is 7.33. The number of hydrogen-bond acceptors (Lipinski definition) is 4. The molecule has 4 atom stereocenters. The molecule has 9 heteroatoms. The monoisotopic (exact) mass is 280 g/mol. The van der Waals surface area contributed by atoms with Gasteiger partial charge in [0.1, 0.15) is 0 Å². The maximum absolute atomic E-state index is 13.7. The van der Waals surface area contributed by atoms with Gasteiger partial charge in [-0.2, -0.15) is 0 Å². The van der Waals surface area contributed by atoms with Crippen LogP contribution < -0.4 is 0 Å². The van der Waals surface area contributed by atoms with E-state index in [4.69, 9.17) is 0 Å². The minimum absolute atomic E-state index is 0.713. The number of hydrogen-bond donors (Lipinski definition) is 0. The number of rotatable bonds is 0. The van der Waals surface area contributed by atoms with Crippen LogP contribution in [0.2, 0.25) is 0 Å². The highest BCUT2D eigenvalue weighted by Crippen LogP contribution is 2.75. The molecule has 2 aliphatic rings. The van der Waals surface area contributed by atoms with Crippen LogP contribution in [0, 0.1) is 0 Å². The first-order valence-corrected chi connectivity index (χ1v) is 6.07. The molecule has 102 valence electrons. The zero-order chi connectivity index (χ0) is 13.3. The lowest BCUT2D eigenvalue weighted by Crippen LogP contribution is -2.39. The summed E-state index contributed by atoms with van der Waals surface area (Å²) in [5.74, 6) is -11.7. The zero-order valence-corrected chi connectivity index (χ0v) is 10.4. The molecular weight excluding hydrogens is 268 g/mol. The quantitative estimate of drug-likeness (QED) is 0.638. The molecule has 0 aliphatic carbocycles. The van der Waals surface area contributed by atoms with Crippen molar-refractivity contribution in [2.45, 2.75) is 51.1 Å². The average molecular weight is 280 g/mol. The van der Waals surface area contributed by atoms with Crippen LogP contribution >= 0.6 is 11.2 Å². The third-order valence-electron chi connectivity index (χ3n) is 2.63. The smallest absolute Gasteiger partial charge is 0.225 e. The third kappa shape index (κ3) is 1.75. The lowest BCUT2D eigenvalue weighted by atomic mass is 10.2. The highest BCUT2D eigenvalue weighted by atomic mass is 32.3. The Morgan fingerprint density at radius 1 is 0.588 bits per heavy atom. The van der Waals surface area contributed by atoms with Gasteiger partial charge in [0, 0.05) is 27.7 Å². The van der Waals surface area contributed by atoms with Crippen LogP contribution in [0.15, 0.2) is 0 Å². The van der Waals surface area contributed by atoms with Gasteiger partial charge in [-0.1, -0.05) is 0 Å². The normalized spacial score (nSPS) is 67.3. The Kier molecular flexibility index (Phi) is 2.41. The topological polar surface area (TPSA) is 36.9 Å². The molecule has 0 bridgehead atoms.